The number of hydrogen-bond acceptors (Lipinski definition) is 4. The Balaban J connectivity index is 1.91. The van der Waals surface area contributed by atoms with Crippen LogP contribution in [0.3, 0.4) is 0 Å². The molecule has 1 N–H and O–H groups in total. The molecule has 0 spiro atoms. The number of hydrogen-bond donors (Lipinski definition) is 1. The molecule has 19 heavy (non-hydrogen) atoms. The molecule has 6 nitrogen and oxygen atoms in total. The van der Waals surface area contributed by atoms with Crippen LogP contribution in [0.25, 0.3) is 0 Å². The number of carbonyl (C=O) groups is 3. The van der Waals surface area contributed by atoms with Crippen molar-refractivity contribution in [2.24, 2.45) is 0 Å². The monoisotopic (exact) mass is 262 g/mol. The van der Waals surface area contributed by atoms with E-state index in [1.807, 2.05) is 0 Å². The van der Waals surface area contributed by atoms with Gasteiger partial charge in [0.1, 0.15) is 5.75 Å². The second-order valence-corrected chi connectivity index (χ2v) is 4.19. The minimum absolute atomic E-state index is 0.0723. The number of ether oxygens (including phenoxy) is 1. The van der Waals surface area contributed by atoms with E-state index in [9.17, 15) is 14.4 Å². The molecule has 0 aliphatic carbocycles. The van der Waals surface area contributed by atoms with Gasteiger partial charge in [0.05, 0.1) is 0 Å². The van der Waals surface area contributed by atoms with E-state index in [4.69, 9.17) is 4.74 Å². The summed E-state index contributed by atoms with van der Waals surface area (Å²) in [6, 6.07) is 6.70. The van der Waals surface area contributed by atoms with Crippen molar-refractivity contribution in [1.82, 2.24) is 4.90 Å². The summed E-state index contributed by atoms with van der Waals surface area (Å²) in [5.74, 6) is -0.0386. The minimum Gasteiger partial charge on any atom is -0.473 e. The highest BCUT2D eigenvalue weighted by Crippen LogP contribution is 2.17. The number of carbonyl (C=O) groups excluding carboxylic acids is 3. The molecular formula is C13H14N2O4. The fraction of sp³-hybridized carbons (Fsp3) is 0.308. The average molecular weight is 262 g/mol. The molecule has 0 radical (unpaired) electrons. The Kier molecular flexibility index (Phi) is 3.79. The van der Waals surface area contributed by atoms with Crippen LogP contribution in [0.5, 0.6) is 5.75 Å². The molecule has 0 aromatic heterocycles. The second kappa shape index (κ2) is 5.51. The van der Waals surface area contributed by atoms with Crippen LogP contribution >= 0.6 is 0 Å². The Hall–Kier alpha value is -2.37. The fourth-order valence-electron chi connectivity index (χ4n) is 1.74. The Bertz CT molecular complexity index is 494. The molecule has 1 aliphatic heterocycles. The molecule has 1 aromatic rings. The van der Waals surface area contributed by atoms with Gasteiger partial charge < -0.3 is 10.1 Å². The molecule has 0 unspecified atom stereocenters. The Morgan fingerprint density at radius 3 is 2.32 bits per heavy atom. The summed E-state index contributed by atoms with van der Waals surface area (Å²) in [4.78, 5) is 34.7. The molecule has 1 fully saturated rings. The first-order valence-electron chi connectivity index (χ1n) is 5.90. The van der Waals surface area contributed by atoms with Crippen molar-refractivity contribution in [3.8, 4) is 5.75 Å². The largest absolute Gasteiger partial charge is 0.473 e. The zero-order chi connectivity index (χ0) is 13.8. The lowest BCUT2D eigenvalue weighted by Crippen LogP contribution is -2.32. The lowest BCUT2D eigenvalue weighted by Gasteiger charge is -2.14. The lowest BCUT2D eigenvalue weighted by atomic mass is 10.3. The number of rotatable bonds is 4. The number of amides is 3. The van der Waals surface area contributed by atoms with Crippen molar-refractivity contribution in [2.45, 2.75) is 19.8 Å². The summed E-state index contributed by atoms with van der Waals surface area (Å²) >= 11 is 0. The molecule has 0 atom stereocenters. The van der Waals surface area contributed by atoms with Gasteiger partial charge in [-0.05, 0) is 24.3 Å². The van der Waals surface area contributed by atoms with Gasteiger partial charge in [0.15, 0.2) is 6.73 Å². The van der Waals surface area contributed by atoms with Crippen LogP contribution < -0.4 is 10.1 Å². The highest BCUT2D eigenvalue weighted by atomic mass is 16.5. The molecule has 1 saturated heterocycles. The molecule has 1 aliphatic rings. The van der Waals surface area contributed by atoms with Crippen molar-refractivity contribution >= 4 is 23.4 Å². The van der Waals surface area contributed by atoms with E-state index in [0.717, 1.165) is 4.90 Å². The van der Waals surface area contributed by atoms with Crippen molar-refractivity contribution in [1.29, 1.82) is 0 Å². The van der Waals surface area contributed by atoms with Gasteiger partial charge in [-0.1, -0.05) is 0 Å². The van der Waals surface area contributed by atoms with Gasteiger partial charge in [0, 0.05) is 25.5 Å². The fourth-order valence-corrected chi connectivity index (χ4v) is 1.74. The smallest absolute Gasteiger partial charge is 0.232 e. The molecule has 3 amide bonds. The third kappa shape index (κ3) is 3.31. The first-order chi connectivity index (χ1) is 9.06. The average Bonchev–Trinajstić information content (AvgIpc) is 2.68. The van der Waals surface area contributed by atoms with Crippen molar-refractivity contribution in [2.75, 3.05) is 12.0 Å². The van der Waals surface area contributed by atoms with E-state index < -0.39 is 0 Å². The van der Waals surface area contributed by atoms with Crippen LogP contribution in [0.15, 0.2) is 24.3 Å². The van der Waals surface area contributed by atoms with E-state index in [2.05, 4.69) is 5.32 Å². The second-order valence-electron chi connectivity index (χ2n) is 4.19. The zero-order valence-electron chi connectivity index (χ0n) is 10.5. The molecule has 0 bridgehead atoms. The molecule has 1 heterocycles. The summed E-state index contributed by atoms with van der Waals surface area (Å²) in [6.45, 7) is 1.35. The third-order valence-electron chi connectivity index (χ3n) is 2.69. The maximum absolute atomic E-state index is 11.4. The summed E-state index contributed by atoms with van der Waals surface area (Å²) in [7, 11) is 0. The maximum atomic E-state index is 11.4. The minimum atomic E-state index is -0.208. The number of benzene rings is 1. The van der Waals surface area contributed by atoms with Crippen LogP contribution in [0.4, 0.5) is 5.69 Å². The lowest BCUT2D eigenvalue weighted by molar-refractivity contribution is -0.141. The first kappa shape index (κ1) is 13.1. The molecule has 2 rings (SSSR count). The summed E-state index contributed by atoms with van der Waals surface area (Å²) in [5, 5.41) is 2.63. The zero-order valence-corrected chi connectivity index (χ0v) is 10.5. The maximum Gasteiger partial charge on any atom is 0.232 e. The van der Waals surface area contributed by atoms with Crippen molar-refractivity contribution in [3.63, 3.8) is 0 Å². The van der Waals surface area contributed by atoms with Crippen LogP contribution in [0.1, 0.15) is 19.8 Å². The highest BCUT2D eigenvalue weighted by molar-refractivity contribution is 6.01. The van der Waals surface area contributed by atoms with Crippen LogP contribution in [0, 0.1) is 0 Å². The molecule has 6 heteroatoms. The predicted octanol–water partition coefficient (Wildman–Crippen LogP) is 1.13. The Morgan fingerprint density at radius 1 is 1.21 bits per heavy atom. The number of imide groups is 1. The van der Waals surface area contributed by atoms with Crippen LogP contribution in [0.2, 0.25) is 0 Å². The third-order valence-corrected chi connectivity index (χ3v) is 2.69. The van der Waals surface area contributed by atoms with Gasteiger partial charge in [-0.25, -0.2) is 4.90 Å². The SMILES string of the molecule is CC(=O)Nc1ccc(OCN2C(=O)CCC2=O)cc1. The van der Waals surface area contributed by atoms with Gasteiger partial charge in [-0.15, -0.1) is 0 Å². The molecule has 1 aromatic carbocycles. The number of nitrogens with zero attached hydrogens (tertiary/aromatic N) is 1. The Morgan fingerprint density at radius 2 is 1.79 bits per heavy atom. The van der Waals surface area contributed by atoms with Gasteiger partial charge in [-0.3, -0.25) is 14.4 Å². The standard InChI is InChI=1S/C13H14N2O4/c1-9(16)14-10-2-4-11(5-3-10)19-8-15-12(17)6-7-13(15)18/h2-5H,6-8H2,1H3,(H,14,16). The van der Waals surface area contributed by atoms with E-state index in [1.54, 1.807) is 24.3 Å². The van der Waals surface area contributed by atoms with Crippen LogP contribution in [-0.2, 0) is 14.4 Å². The summed E-state index contributed by atoms with van der Waals surface area (Å²) < 4.78 is 5.36. The molecule has 0 saturated carbocycles. The normalized spacial score (nSPS) is 14.7. The van der Waals surface area contributed by atoms with Crippen molar-refractivity contribution < 1.29 is 19.1 Å². The number of likely N-dealkylation sites (tertiary alicyclic amines) is 1. The van der Waals surface area contributed by atoms with E-state index in [1.165, 1.54) is 6.92 Å². The molecular weight excluding hydrogens is 248 g/mol. The van der Waals surface area contributed by atoms with Gasteiger partial charge in [0.2, 0.25) is 17.7 Å². The number of nitrogens with one attached hydrogen (secondary N) is 1. The molecule has 100 valence electrons. The van der Waals surface area contributed by atoms with E-state index >= 15 is 0 Å². The van der Waals surface area contributed by atoms with Crippen LogP contribution in [-0.4, -0.2) is 29.4 Å². The van der Waals surface area contributed by atoms with Gasteiger partial charge in [0.25, 0.3) is 0 Å². The summed E-state index contributed by atoms with van der Waals surface area (Å²) in [6.07, 6.45) is 0.507. The highest BCUT2D eigenvalue weighted by Gasteiger charge is 2.28. The quantitative estimate of drug-likeness (QED) is 0.825. The number of anilines is 1. The van der Waals surface area contributed by atoms with Gasteiger partial charge >= 0.3 is 0 Å². The van der Waals surface area contributed by atoms with Crippen molar-refractivity contribution in [3.05, 3.63) is 24.3 Å². The topological polar surface area (TPSA) is 75.7 Å². The van der Waals surface area contributed by atoms with E-state index in [-0.39, 0.29) is 37.3 Å². The summed E-state index contributed by atoms with van der Waals surface area (Å²) in [5.41, 5.74) is 0.660. The van der Waals surface area contributed by atoms with Gasteiger partial charge in [-0.2, -0.15) is 0 Å². The Labute approximate surface area is 110 Å². The van der Waals surface area contributed by atoms with E-state index in [0.29, 0.717) is 11.4 Å². The predicted molar refractivity (Wildman–Crippen MR) is 67.3 cm³/mol. The first-order valence-corrected chi connectivity index (χ1v) is 5.90.